The number of likely N-dealkylation sites (N-methyl/N-ethyl adjacent to an activating group) is 1. The molecular weight excluding hydrogens is 560 g/mol. The second kappa shape index (κ2) is 30.2. The van der Waals surface area contributed by atoms with E-state index in [0.29, 0.717) is 111 Å². The highest BCUT2D eigenvalue weighted by Gasteiger charge is 2.06. The number of benzene rings is 1. The van der Waals surface area contributed by atoms with Crippen LogP contribution in [-0.2, 0) is 42.6 Å². The molecule has 0 aromatic heterocycles. The van der Waals surface area contributed by atoms with E-state index in [1.165, 1.54) is 0 Å². The molecule has 0 heterocycles. The van der Waals surface area contributed by atoms with Gasteiger partial charge in [0.15, 0.2) is 0 Å². The number of carbonyl (C=O) groups excluding carboxylic acids is 1. The molecule has 12 nitrogen and oxygen atoms in total. The number of ether oxygens (including phenoxy) is 9. The Morgan fingerprint density at radius 1 is 0.581 bits per heavy atom. The Kier molecular flexibility index (Phi) is 27.5. The quantitative estimate of drug-likeness (QED) is 0.0948. The molecule has 0 aliphatic rings. The van der Waals surface area contributed by atoms with E-state index >= 15 is 0 Å². The van der Waals surface area contributed by atoms with E-state index in [0.717, 1.165) is 31.6 Å². The fourth-order valence-corrected chi connectivity index (χ4v) is 3.30. The first-order chi connectivity index (χ1) is 21.1. The Labute approximate surface area is 258 Å². The minimum atomic E-state index is -0.357. The summed E-state index contributed by atoms with van der Waals surface area (Å²) in [4.78, 5) is 14.2. The van der Waals surface area contributed by atoms with Crippen LogP contribution >= 0.6 is 0 Å². The van der Waals surface area contributed by atoms with Gasteiger partial charge in [0.2, 0.25) is 0 Å². The van der Waals surface area contributed by atoms with Gasteiger partial charge < -0.3 is 52.8 Å². The average Bonchev–Trinajstić information content (AvgIpc) is 3.01. The van der Waals surface area contributed by atoms with Gasteiger partial charge in [0.1, 0.15) is 6.61 Å². The molecule has 250 valence electrons. The van der Waals surface area contributed by atoms with Crippen LogP contribution in [0.15, 0.2) is 24.3 Å². The van der Waals surface area contributed by atoms with Crippen LogP contribution in [0.1, 0.15) is 30.1 Å². The average molecular weight is 617 g/mol. The Hall–Kier alpha value is -1.87. The topological polar surface area (TPSA) is 115 Å². The lowest BCUT2D eigenvalue weighted by atomic mass is 10.2. The number of hydrogen-bond donors (Lipinski definition) is 1. The van der Waals surface area contributed by atoms with Crippen molar-refractivity contribution in [2.75, 3.05) is 145 Å². The van der Waals surface area contributed by atoms with Gasteiger partial charge in [0, 0.05) is 18.8 Å². The maximum Gasteiger partial charge on any atom is 0.338 e. The molecule has 0 unspecified atom stereocenters. The van der Waals surface area contributed by atoms with Crippen molar-refractivity contribution in [1.29, 1.82) is 0 Å². The van der Waals surface area contributed by atoms with Crippen molar-refractivity contribution in [2.24, 2.45) is 0 Å². The molecule has 12 heteroatoms. The predicted molar refractivity (Wildman–Crippen MR) is 165 cm³/mol. The number of nitrogens with one attached hydrogen (secondary N) is 1. The monoisotopic (exact) mass is 616 g/mol. The highest BCUT2D eigenvalue weighted by Crippen LogP contribution is 2.10. The molecule has 43 heavy (non-hydrogen) atoms. The number of unbranched alkanes of at least 4 members (excludes halogenated alkanes) is 1. The van der Waals surface area contributed by atoms with Crippen molar-refractivity contribution >= 4 is 11.7 Å². The predicted octanol–water partition coefficient (Wildman–Crippen LogP) is 2.75. The Morgan fingerprint density at radius 3 is 1.33 bits per heavy atom. The molecule has 0 aliphatic heterocycles. The maximum absolute atomic E-state index is 12.1. The summed E-state index contributed by atoms with van der Waals surface area (Å²) in [7, 11) is 4.04. The lowest BCUT2D eigenvalue weighted by Gasteiger charge is -2.10. The Balaban J connectivity index is 1.74. The Morgan fingerprint density at radius 2 is 0.953 bits per heavy atom. The van der Waals surface area contributed by atoms with E-state index in [1.54, 1.807) is 12.1 Å². The van der Waals surface area contributed by atoms with E-state index in [-0.39, 0.29) is 12.6 Å². The van der Waals surface area contributed by atoms with Gasteiger partial charge in [-0.25, -0.2) is 4.79 Å². The van der Waals surface area contributed by atoms with Crippen molar-refractivity contribution in [1.82, 2.24) is 4.90 Å². The minimum absolute atomic E-state index is 0.196. The summed E-state index contributed by atoms with van der Waals surface area (Å²) < 4.78 is 48.9. The molecule has 0 amide bonds. The zero-order valence-electron chi connectivity index (χ0n) is 26.7. The highest BCUT2D eigenvalue weighted by molar-refractivity contribution is 5.89. The molecule has 0 saturated heterocycles. The van der Waals surface area contributed by atoms with Gasteiger partial charge in [-0.2, -0.15) is 0 Å². The molecule has 1 aromatic carbocycles. The molecule has 0 fully saturated rings. The van der Waals surface area contributed by atoms with Crippen LogP contribution < -0.4 is 5.32 Å². The number of nitrogens with zero attached hydrogens (tertiary/aromatic N) is 1. The number of hydrogen-bond acceptors (Lipinski definition) is 12. The van der Waals surface area contributed by atoms with Gasteiger partial charge in [-0.1, -0.05) is 13.3 Å². The summed E-state index contributed by atoms with van der Waals surface area (Å²) in [5.74, 6) is -0.357. The number of esters is 1. The SMILES string of the molecule is CCCCNc1ccc(C(=O)OCCOCCOCCOCCOCCOCCOCCOCCOCCN(C)C)cc1. The van der Waals surface area contributed by atoms with Crippen molar-refractivity contribution < 1.29 is 47.4 Å². The first-order valence-electron chi connectivity index (χ1n) is 15.4. The van der Waals surface area contributed by atoms with E-state index < -0.39 is 0 Å². The van der Waals surface area contributed by atoms with E-state index in [2.05, 4.69) is 17.1 Å². The molecule has 0 spiro atoms. The highest BCUT2D eigenvalue weighted by atomic mass is 16.6. The molecular formula is C31H56N2O10. The third-order valence-electron chi connectivity index (χ3n) is 5.73. The van der Waals surface area contributed by atoms with Gasteiger partial charge in [-0.3, -0.25) is 0 Å². The molecule has 0 bridgehead atoms. The summed E-state index contributed by atoms with van der Waals surface area (Å²) in [5.41, 5.74) is 1.52. The summed E-state index contributed by atoms with van der Waals surface area (Å²) >= 11 is 0. The van der Waals surface area contributed by atoms with Gasteiger partial charge in [-0.05, 0) is 44.8 Å². The summed E-state index contributed by atoms with van der Waals surface area (Å²) in [6, 6.07) is 7.30. The van der Waals surface area contributed by atoms with E-state index in [4.69, 9.17) is 42.6 Å². The van der Waals surface area contributed by atoms with Crippen LogP contribution in [0.2, 0.25) is 0 Å². The molecule has 0 atom stereocenters. The third-order valence-corrected chi connectivity index (χ3v) is 5.73. The van der Waals surface area contributed by atoms with Crippen LogP contribution in [0.25, 0.3) is 0 Å². The first-order valence-corrected chi connectivity index (χ1v) is 15.4. The lowest BCUT2D eigenvalue weighted by Crippen LogP contribution is -2.19. The molecule has 0 aliphatic carbocycles. The molecule has 1 aromatic rings. The van der Waals surface area contributed by atoms with Gasteiger partial charge in [0.25, 0.3) is 0 Å². The van der Waals surface area contributed by atoms with E-state index in [1.807, 2.05) is 26.2 Å². The maximum atomic E-state index is 12.1. The van der Waals surface area contributed by atoms with E-state index in [9.17, 15) is 4.79 Å². The van der Waals surface area contributed by atoms with Crippen molar-refractivity contribution in [3.05, 3.63) is 29.8 Å². The zero-order valence-corrected chi connectivity index (χ0v) is 26.7. The zero-order chi connectivity index (χ0) is 31.1. The second-order valence-electron chi connectivity index (χ2n) is 9.70. The summed E-state index contributed by atoms with van der Waals surface area (Å²) in [5, 5.41) is 3.32. The second-order valence-corrected chi connectivity index (χ2v) is 9.70. The lowest BCUT2D eigenvalue weighted by molar-refractivity contribution is -0.0245. The number of rotatable bonds is 32. The molecule has 1 N–H and O–H groups in total. The van der Waals surface area contributed by atoms with Crippen LogP contribution in [-0.4, -0.2) is 150 Å². The Bertz CT molecular complexity index is 740. The van der Waals surface area contributed by atoms with Crippen LogP contribution in [0.3, 0.4) is 0 Å². The fraction of sp³-hybridized carbons (Fsp3) is 0.774. The molecule has 0 radical (unpaired) electrons. The summed E-state index contributed by atoms with van der Waals surface area (Å²) in [6.45, 7) is 12.3. The van der Waals surface area contributed by atoms with Gasteiger partial charge in [0.05, 0.1) is 111 Å². The van der Waals surface area contributed by atoms with Crippen molar-refractivity contribution in [2.45, 2.75) is 19.8 Å². The van der Waals surface area contributed by atoms with Crippen LogP contribution in [0.5, 0.6) is 0 Å². The number of carbonyl (C=O) groups is 1. The number of anilines is 1. The standard InChI is InChI=1S/C31H56N2O10/c1-4-5-10-32-30-8-6-29(7-9-30)31(34)43-28-27-42-26-25-41-24-23-40-22-21-39-20-19-38-18-17-37-16-15-36-14-13-35-12-11-33(2)3/h6-9,32H,4-5,10-28H2,1-3H3. The van der Waals surface area contributed by atoms with Crippen LogP contribution in [0.4, 0.5) is 5.69 Å². The fourth-order valence-electron chi connectivity index (χ4n) is 3.30. The summed E-state index contributed by atoms with van der Waals surface area (Å²) in [6.07, 6.45) is 2.25. The van der Waals surface area contributed by atoms with Crippen molar-refractivity contribution in [3.8, 4) is 0 Å². The van der Waals surface area contributed by atoms with Crippen LogP contribution in [0, 0.1) is 0 Å². The third kappa shape index (κ3) is 26.3. The first kappa shape index (κ1) is 39.2. The minimum Gasteiger partial charge on any atom is -0.460 e. The smallest absolute Gasteiger partial charge is 0.338 e. The van der Waals surface area contributed by atoms with Crippen molar-refractivity contribution in [3.63, 3.8) is 0 Å². The van der Waals surface area contributed by atoms with Gasteiger partial charge >= 0.3 is 5.97 Å². The normalized spacial score (nSPS) is 11.3. The largest absolute Gasteiger partial charge is 0.460 e. The molecule has 1 rings (SSSR count). The van der Waals surface area contributed by atoms with Gasteiger partial charge in [-0.15, -0.1) is 0 Å². The molecule has 0 saturated carbocycles.